The fraction of sp³-hybridized carbons (Fsp3) is 0.333. The van der Waals surface area contributed by atoms with Crippen LogP contribution in [0.4, 0.5) is 0 Å². The van der Waals surface area contributed by atoms with Crippen molar-refractivity contribution in [2.24, 2.45) is 0 Å². The Morgan fingerprint density at radius 1 is 1.15 bits per heavy atom. The van der Waals surface area contributed by atoms with E-state index in [1.54, 1.807) is 18.2 Å². The standard InChI is InChI=1S/C15H16ClNO2S/c16-13-5-3-12-9-15(6-4-11(12)8-13)20(18,19)10-14-2-1-7-17-14/h3-6,8-9,14,17H,1-2,7,10H2/t14-/m1/s1. The van der Waals surface area contributed by atoms with Crippen molar-refractivity contribution < 1.29 is 8.42 Å². The lowest BCUT2D eigenvalue weighted by molar-refractivity contribution is 0.577. The molecule has 3 rings (SSSR count). The summed E-state index contributed by atoms with van der Waals surface area (Å²) >= 11 is 5.94. The van der Waals surface area contributed by atoms with E-state index in [-0.39, 0.29) is 11.8 Å². The van der Waals surface area contributed by atoms with Gasteiger partial charge < -0.3 is 5.32 Å². The predicted octanol–water partition coefficient (Wildman–Crippen LogP) is 3.02. The lowest BCUT2D eigenvalue weighted by Crippen LogP contribution is -2.29. The third-order valence-corrected chi connectivity index (χ3v) is 5.76. The first-order valence-corrected chi connectivity index (χ1v) is 8.73. The molecule has 106 valence electrons. The highest BCUT2D eigenvalue weighted by molar-refractivity contribution is 7.91. The molecule has 1 atom stereocenters. The van der Waals surface area contributed by atoms with E-state index in [1.807, 2.05) is 18.2 Å². The summed E-state index contributed by atoms with van der Waals surface area (Å²) in [4.78, 5) is 0.390. The Labute approximate surface area is 123 Å². The molecular formula is C15H16ClNO2S. The molecule has 0 unspecified atom stereocenters. The van der Waals surface area contributed by atoms with Crippen LogP contribution >= 0.6 is 11.6 Å². The first-order chi connectivity index (χ1) is 9.54. The molecule has 1 aliphatic heterocycles. The fourth-order valence-electron chi connectivity index (χ4n) is 2.65. The minimum Gasteiger partial charge on any atom is -0.313 e. The Hall–Kier alpha value is -1.10. The molecule has 0 aliphatic carbocycles. The number of fused-ring (bicyclic) bond motifs is 1. The van der Waals surface area contributed by atoms with Crippen molar-refractivity contribution in [1.29, 1.82) is 0 Å². The second kappa shape index (κ2) is 5.35. The number of rotatable bonds is 3. The van der Waals surface area contributed by atoms with E-state index >= 15 is 0 Å². The van der Waals surface area contributed by atoms with E-state index in [0.29, 0.717) is 9.92 Å². The maximum atomic E-state index is 12.4. The third-order valence-electron chi connectivity index (χ3n) is 3.72. The number of nitrogens with one attached hydrogen (secondary N) is 1. The molecule has 0 saturated carbocycles. The Kier molecular flexibility index (Phi) is 3.71. The highest BCUT2D eigenvalue weighted by Crippen LogP contribution is 2.24. The van der Waals surface area contributed by atoms with E-state index < -0.39 is 9.84 Å². The van der Waals surface area contributed by atoms with Crippen molar-refractivity contribution in [1.82, 2.24) is 5.32 Å². The van der Waals surface area contributed by atoms with Crippen LogP contribution in [-0.4, -0.2) is 26.8 Å². The fourth-order valence-corrected chi connectivity index (χ4v) is 4.42. The molecule has 5 heteroatoms. The van der Waals surface area contributed by atoms with Crippen molar-refractivity contribution in [3.8, 4) is 0 Å². The van der Waals surface area contributed by atoms with Gasteiger partial charge in [0.1, 0.15) is 0 Å². The maximum absolute atomic E-state index is 12.4. The quantitative estimate of drug-likeness (QED) is 0.948. The molecule has 0 aromatic heterocycles. The Morgan fingerprint density at radius 2 is 1.90 bits per heavy atom. The van der Waals surface area contributed by atoms with Crippen molar-refractivity contribution in [2.75, 3.05) is 12.3 Å². The summed E-state index contributed by atoms with van der Waals surface area (Å²) in [5.74, 6) is 0.173. The second-order valence-electron chi connectivity index (χ2n) is 5.23. The largest absolute Gasteiger partial charge is 0.313 e. The van der Waals surface area contributed by atoms with Crippen molar-refractivity contribution in [2.45, 2.75) is 23.8 Å². The van der Waals surface area contributed by atoms with Crippen LogP contribution in [0.25, 0.3) is 10.8 Å². The van der Waals surface area contributed by atoms with Gasteiger partial charge in [-0.3, -0.25) is 0 Å². The van der Waals surface area contributed by atoms with Crippen LogP contribution in [0, 0.1) is 0 Å². The van der Waals surface area contributed by atoms with E-state index in [1.165, 1.54) is 0 Å². The SMILES string of the molecule is O=S(=O)(C[C@H]1CCCN1)c1ccc2cc(Cl)ccc2c1. The summed E-state index contributed by atoms with van der Waals surface area (Å²) in [6, 6.07) is 10.8. The molecular weight excluding hydrogens is 294 g/mol. The summed E-state index contributed by atoms with van der Waals surface area (Å²) in [7, 11) is -3.24. The molecule has 0 radical (unpaired) electrons. The molecule has 1 N–H and O–H groups in total. The predicted molar refractivity (Wildman–Crippen MR) is 82.0 cm³/mol. The molecule has 2 aromatic rings. The van der Waals surface area contributed by atoms with E-state index in [2.05, 4.69) is 5.32 Å². The van der Waals surface area contributed by atoms with Gasteiger partial charge in [-0.05, 0) is 54.4 Å². The molecule has 0 bridgehead atoms. The zero-order chi connectivity index (χ0) is 14.2. The van der Waals surface area contributed by atoms with Crippen molar-refractivity contribution in [3.05, 3.63) is 41.4 Å². The smallest absolute Gasteiger partial charge is 0.179 e. The van der Waals surface area contributed by atoms with Crippen LogP contribution in [0.3, 0.4) is 0 Å². The molecule has 1 fully saturated rings. The molecule has 0 spiro atoms. The van der Waals surface area contributed by atoms with Gasteiger partial charge in [0, 0.05) is 11.1 Å². The molecule has 1 saturated heterocycles. The van der Waals surface area contributed by atoms with Gasteiger partial charge in [-0.2, -0.15) is 0 Å². The number of benzene rings is 2. The van der Waals surface area contributed by atoms with Gasteiger partial charge in [0.2, 0.25) is 0 Å². The summed E-state index contributed by atoms with van der Waals surface area (Å²) in [5.41, 5.74) is 0. The van der Waals surface area contributed by atoms with Crippen LogP contribution in [-0.2, 0) is 9.84 Å². The third kappa shape index (κ3) is 2.82. The zero-order valence-corrected chi connectivity index (χ0v) is 12.5. The Balaban J connectivity index is 1.94. The summed E-state index contributed by atoms with van der Waals surface area (Å²) < 4.78 is 24.9. The lowest BCUT2D eigenvalue weighted by atomic mass is 10.1. The topological polar surface area (TPSA) is 46.2 Å². The van der Waals surface area contributed by atoms with Crippen LogP contribution in [0.5, 0.6) is 0 Å². The molecule has 2 aromatic carbocycles. The van der Waals surface area contributed by atoms with Crippen molar-refractivity contribution in [3.63, 3.8) is 0 Å². The minimum atomic E-state index is -3.24. The van der Waals surface area contributed by atoms with E-state index in [9.17, 15) is 8.42 Å². The first-order valence-electron chi connectivity index (χ1n) is 6.70. The Morgan fingerprint density at radius 3 is 2.65 bits per heavy atom. The molecule has 0 amide bonds. The number of halogens is 1. The van der Waals surface area contributed by atoms with Gasteiger partial charge in [0.25, 0.3) is 0 Å². The molecule has 1 aliphatic rings. The van der Waals surface area contributed by atoms with Gasteiger partial charge in [-0.1, -0.05) is 23.7 Å². The summed E-state index contributed by atoms with van der Waals surface area (Å²) in [6.07, 6.45) is 1.98. The highest BCUT2D eigenvalue weighted by atomic mass is 35.5. The first kappa shape index (κ1) is 13.9. The van der Waals surface area contributed by atoms with E-state index in [0.717, 1.165) is 30.2 Å². The van der Waals surface area contributed by atoms with Crippen molar-refractivity contribution >= 4 is 32.2 Å². The number of hydrogen-bond acceptors (Lipinski definition) is 3. The zero-order valence-electron chi connectivity index (χ0n) is 11.0. The highest BCUT2D eigenvalue weighted by Gasteiger charge is 2.23. The molecule has 3 nitrogen and oxygen atoms in total. The minimum absolute atomic E-state index is 0.0842. The maximum Gasteiger partial charge on any atom is 0.179 e. The van der Waals surface area contributed by atoms with Crippen LogP contribution in [0.15, 0.2) is 41.3 Å². The van der Waals surface area contributed by atoms with E-state index in [4.69, 9.17) is 11.6 Å². The van der Waals surface area contributed by atoms with Gasteiger partial charge in [0.05, 0.1) is 10.6 Å². The normalized spacial score (nSPS) is 19.6. The molecule has 1 heterocycles. The van der Waals surface area contributed by atoms with Crippen LogP contribution < -0.4 is 5.32 Å². The van der Waals surface area contributed by atoms with Gasteiger partial charge in [0.15, 0.2) is 9.84 Å². The summed E-state index contributed by atoms with van der Waals surface area (Å²) in [6.45, 7) is 0.913. The second-order valence-corrected chi connectivity index (χ2v) is 7.70. The van der Waals surface area contributed by atoms with Gasteiger partial charge >= 0.3 is 0 Å². The lowest BCUT2D eigenvalue weighted by Gasteiger charge is -2.11. The van der Waals surface area contributed by atoms with Gasteiger partial charge in [-0.25, -0.2) is 8.42 Å². The monoisotopic (exact) mass is 309 g/mol. The average Bonchev–Trinajstić information content (AvgIpc) is 2.90. The summed E-state index contributed by atoms with van der Waals surface area (Å²) in [5, 5.41) is 5.74. The number of sulfone groups is 1. The van der Waals surface area contributed by atoms with Crippen LogP contribution in [0.1, 0.15) is 12.8 Å². The Bertz CT molecular complexity index is 737. The average molecular weight is 310 g/mol. The number of hydrogen-bond donors (Lipinski definition) is 1. The van der Waals surface area contributed by atoms with Gasteiger partial charge in [-0.15, -0.1) is 0 Å². The molecule has 20 heavy (non-hydrogen) atoms. The van der Waals surface area contributed by atoms with Crippen LogP contribution in [0.2, 0.25) is 5.02 Å².